The van der Waals surface area contributed by atoms with Crippen molar-refractivity contribution in [3.8, 4) is 0 Å². The number of aromatic nitrogens is 1. The molecule has 0 aliphatic rings. The van der Waals surface area contributed by atoms with E-state index in [0.29, 0.717) is 6.04 Å². The molecule has 0 amide bonds. The number of carbonyl (C=O) groups is 1. The average molecular weight is 284 g/mol. The number of rotatable bonds is 7. The van der Waals surface area contributed by atoms with E-state index in [0.717, 1.165) is 29.3 Å². The predicted octanol–water partition coefficient (Wildman–Crippen LogP) is 4.91. The number of ketones is 1. The molecule has 1 unspecified atom stereocenters. The van der Waals surface area contributed by atoms with Gasteiger partial charge in [0, 0.05) is 23.0 Å². The molecule has 0 saturated carbocycles. The maximum atomic E-state index is 11.8. The molecule has 0 aliphatic heterocycles. The van der Waals surface area contributed by atoms with Gasteiger partial charge in [0.15, 0.2) is 5.78 Å². The number of nitrogens with zero attached hydrogens (tertiary/aromatic N) is 1. The lowest BCUT2D eigenvalue weighted by Gasteiger charge is -2.19. The number of carbonyl (C=O) groups excluding carboxylic acids is 1. The zero-order valence-electron chi connectivity index (χ0n) is 12.8. The Morgan fingerprint density at radius 3 is 2.42 bits per heavy atom. The van der Waals surface area contributed by atoms with Gasteiger partial charge in [0.25, 0.3) is 0 Å². The van der Waals surface area contributed by atoms with Crippen LogP contribution in [0, 0.1) is 19.8 Å². The average Bonchev–Trinajstić information content (AvgIpc) is 2.63. The first-order valence-corrected chi connectivity index (χ1v) is 7.69. The van der Waals surface area contributed by atoms with Crippen molar-refractivity contribution in [3.63, 3.8) is 0 Å². The van der Waals surface area contributed by atoms with Crippen LogP contribution >= 0.6 is 11.6 Å². The summed E-state index contributed by atoms with van der Waals surface area (Å²) in [4.78, 5) is 11.8. The van der Waals surface area contributed by atoms with Gasteiger partial charge in [-0.2, -0.15) is 0 Å². The fraction of sp³-hybridized carbons (Fsp3) is 0.688. The molecule has 0 N–H and O–H groups in total. The van der Waals surface area contributed by atoms with Crippen LogP contribution in [-0.4, -0.2) is 16.2 Å². The first-order chi connectivity index (χ1) is 8.88. The number of halogens is 1. The predicted molar refractivity (Wildman–Crippen MR) is 82.4 cm³/mol. The molecule has 0 aliphatic carbocycles. The van der Waals surface area contributed by atoms with Gasteiger partial charge in [-0.3, -0.25) is 4.79 Å². The van der Waals surface area contributed by atoms with Gasteiger partial charge >= 0.3 is 0 Å². The van der Waals surface area contributed by atoms with Crippen molar-refractivity contribution >= 4 is 17.4 Å². The quantitative estimate of drug-likeness (QED) is 0.514. The van der Waals surface area contributed by atoms with Crippen molar-refractivity contribution in [1.29, 1.82) is 0 Å². The van der Waals surface area contributed by atoms with Crippen molar-refractivity contribution in [3.05, 3.63) is 23.0 Å². The van der Waals surface area contributed by atoms with Gasteiger partial charge in [-0.1, -0.05) is 26.7 Å². The number of hydrogen-bond acceptors (Lipinski definition) is 1. The van der Waals surface area contributed by atoms with Crippen LogP contribution < -0.4 is 0 Å². The summed E-state index contributed by atoms with van der Waals surface area (Å²) in [6, 6.07) is 2.41. The highest BCUT2D eigenvalue weighted by molar-refractivity contribution is 6.30. The van der Waals surface area contributed by atoms with Crippen LogP contribution in [-0.2, 0) is 0 Å². The highest BCUT2D eigenvalue weighted by Crippen LogP contribution is 2.25. The van der Waals surface area contributed by atoms with Crippen molar-refractivity contribution in [2.45, 2.75) is 59.9 Å². The monoisotopic (exact) mass is 283 g/mol. The summed E-state index contributed by atoms with van der Waals surface area (Å²) in [5.41, 5.74) is 2.99. The van der Waals surface area contributed by atoms with Crippen molar-refractivity contribution in [2.75, 3.05) is 5.88 Å². The zero-order valence-corrected chi connectivity index (χ0v) is 13.5. The Kier molecular flexibility index (Phi) is 6.12. The Balaban J connectivity index is 2.82. The molecule has 0 bridgehead atoms. The van der Waals surface area contributed by atoms with E-state index in [2.05, 4.69) is 32.3 Å². The number of hydrogen-bond donors (Lipinski definition) is 0. The first-order valence-electron chi connectivity index (χ1n) is 7.16. The lowest BCUT2D eigenvalue weighted by Crippen LogP contribution is -2.10. The van der Waals surface area contributed by atoms with E-state index < -0.39 is 0 Å². The van der Waals surface area contributed by atoms with Crippen LogP contribution in [0.3, 0.4) is 0 Å². The Morgan fingerprint density at radius 2 is 1.89 bits per heavy atom. The maximum absolute atomic E-state index is 11.8. The van der Waals surface area contributed by atoms with Gasteiger partial charge in [-0.15, -0.1) is 11.6 Å². The number of aryl methyl sites for hydroxylation is 1. The zero-order chi connectivity index (χ0) is 14.6. The summed E-state index contributed by atoms with van der Waals surface area (Å²) < 4.78 is 2.28. The molecule has 3 heteroatoms. The molecule has 0 fully saturated rings. The highest BCUT2D eigenvalue weighted by atomic mass is 35.5. The molecule has 1 heterocycles. The van der Waals surface area contributed by atoms with Crippen LogP contribution in [0.15, 0.2) is 6.07 Å². The molecule has 0 spiro atoms. The lowest BCUT2D eigenvalue weighted by molar-refractivity contribution is 0.102. The topological polar surface area (TPSA) is 22.0 Å². The van der Waals surface area contributed by atoms with E-state index in [1.807, 2.05) is 13.0 Å². The van der Waals surface area contributed by atoms with Gasteiger partial charge in [0.2, 0.25) is 0 Å². The molecule has 1 aromatic heterocycles. The Labute approximate surface area is 122 Å². The molecule has 108 valence electrons. The van der Waals surface area contributed by atoms with Gasteiger partial charge < -0.3 is 4.57 Å². The van der Waals surface area contributed by atoms with E-state index >= 15 is 0 Å². The molecule has 1 aromatic rings. The van der Waals surface area contributed by atoms with E-state index in [9.17, 15) is 4.79 Å². The molecule has 0 saturated heterocycles. The summed E-state index contributed by atoms with van der Waals surface area (Å²) >= 11 is 5.66. The normalized spacial score (nSPS) is 13.0. The minimum atomic E-state index is 0.0235. The Hall–Kier alpha value is -0.760. The highest BCUT2D eigenvalue weighted by Gasteiger charge is 2.17. The summed E-state index contributed by atoms with van der Waals surface area (Å²) in [5.74, 6) is 0.842. The first kappa shape index (κ1) is 16.3. The summed E-state index contributed by atoms with van der Waals surface area (Å²) in [7, 11) is 0. The molecule has 19 heavy (non-hydrogen) atoms. The molecular formula is C16H26ClNO. The van der Waals surface area contributed by atoms with Crippen LogP contribution in [0.5, 0.6) is 0 Å². The second-order valence-electron chi connectivity index (χ2n) is 5.89. The lowest BCUT2D eigenvalue weighted by atomic mass is 10.0. The smallest absolute Gasteiger partial charge is 0.179 e. The summed E-state index contributed by atoms with van der Waals surface area (Å²) in [5, 5.41) is 0. The SMILES string of the molecule is Cc1cc(C(=O)CCl)c(C)n1C(C)CCCC(C)C. The third-order valence-corrected chi connectivity index (χ3v) is 3.99. The molecule has 0 radical (unpaired) electrons. The van der Waals surface area contributed by atoms with Crippen molar-refractivity contribution < 1.29 is 4.79 Å². The van der Waals surface area contributed by atoms with Crippen LogP contribution in [0.25, 0.3) is 0 Å². The van der Waals surface area contributed by atoms with Gasteiger partial charge in [0.1, 0.15) is 0 Å². The van der Waals surface area contributed by atoms with Crippen molar-refractivity contribution in [2.24, 2.45) is 5.92 Å². The second-order valence-corrected chi connectivity index (χ2v) is 6.15. The van der Waals surface area contributed by atoms with E-state index in [4.69, 9.17) is 11.6 Å². The van der Waals surface area contributed by atoms with Crippen LogP contribution in [0.2, 0.25) is 0 Å². The van der Waals surface area contributed by atoms with Gasteiger partial charge in [-0.05, 0) is 39.2 Å². The summed E-state index contributed by atoms with van der Waals surface area (Å²) in [6.45, 7) is 10.8. The fourth-order valence-corrected chi connectivity index (χ4v) is 2.90. The number of Topliss-reactive ketones (excluding diaryl/α,β-unsaturated/α-hetero) is 1. The minimum absolute atomic E-state index is 0.0235. The van der Waals surface area contributed by atoms with Gasteiger partial charge in [-0.25, -0.2) is 0 Å². The fourth-order valence-electron chi connectivity index (χ4n) is 2.76. The molecular weight excluding hydrogens is 258 g/mol. The van der Waals surface area contributed by atoms with Gasteiger partial charge in [0.05, 0.1) is 5.88 Å². The van der Waals surface area contributed by atoms with E-state index in [1.54, 1.807) is 0 Å². The van der Waals surface area contributed by atoms with Crippen LogP contribution in [0.1, 0.15) is 67.8 Å². The van der Waals surface area contributed by atoms with Crippen molar-refractivity contribution in [1.82, 2.24) is 4.57 Å². The maximum Gasteiger partial charge on any atom is 0.179 e. The Morgan fingerprint density at radius 1 is 1.26 bits per heavy atom. The minimum Gasteiger partial charge on any atom is -0.346 e. The van der Waals surface area contributed by atoms with E-state index in [1.165, 1.54) is 12.8 Å². The summed E-state index contributed by atoms with van der Waals surface area (Å²) in [6.07, 6.45) is 3.65. The standard InChI is InChI=1S/C16H26ClNO/c1-11(2)7-6-8-12(3)18-13(4)9-15(14(18)5)16(19)10-17/h9,11-12H,6-8,10H2,1-5H3. The Bertz CT molecular complexity index is 434. The van der Waals surface area contributed by atoms with E-state index in [-0.39, 0.29) is 11.7 Å². The molecule has 0 aromatic carbocycles. The third-order valence-electron chi connectivity index (χ3n) is 3.75. The molecule has 1 atom stereocenters. The largest absolute Gasteiger partial charge is 0.346 e. The third kappa shape index (κ3) is 4.10. The number of alkyl halides is 1. The molecule has 1 rings (SSSR count). The second kappa shape index (κ2) is 7.14. The molecule has 2 nitrogen and oxygen atoms in total. The van der Waals surface area contributed by atoms with Crippen LogP contribution in [0.4, 0.5) is 0 Å².